The lowest BCUT2D eigenvalue weighted by Crippen LogP contribution is -2.67. The molecule has 0 saturated carbocycles. The number of carbonyl (C=O) groups is 1. The van der Waals surface area contributed by atoms with Crippen molar-refractivity contribution in [2.24, 2.45) is 5.73 Å². The highest BCUT2D eigenvalue weighted by molar-refractivity contribution is 7.92. The third-order valence-corrected chi connectivity index (χ3v) is 7.04. The van der Waals surface area contributed by atoms with E-state index in [0.717, 1.165) is 0 Å². The fourth-order valence-corrected chi connectivity index (χ4v) is 6.32. The molecule has 0 spiro atoms. The Morgan fingerprint density at radius 2 is 2.14 bits per heavy atom. The summed E-state index contributed by atoms with van der Waals surface area (Å²) >= 11 is 5.07. The third-order valence-electron chi connectivity index (χ3n) is 4.38. The van der Waals surface area contributed by atoms with E-state index in [1.54, 1.807) is 6.92 Å². The molecule has 0 aromatic rings. The van der Waals surface area contributed by atoms with Crippen LogP contribution in [0.1, 0.15) is 32.6 Å². The summed E-state index contributed by atoms with van der Waals surface area (Å²) in [6.07, 6.45) is 1.83. The number of esters is 1. The van der Waals surface area contributed by atoms with Gasteiger partial charge in [-0.25, -0.2) is 8.42 Å². The topological polar surface area (TPSA) is 111 Å². The van der Waals surface area contributed by atoms with E-state index in [0.29, 0.717) is 24.4 Å². The zero-order chi connectivity index (χ0) is 15.9. The average molecular weight is 335 g/mol. The summed E-state index contributed by atoms with van der Waals surface area (Å²) in [5.41, 5.74) is 4.45. The van der Waals surface area contributed by atoms with Gasteiger partial charge < -0.3 is 21.1 Å². The first-order valence-electron chi connectivity index (χ1n) is 6.82. The number of nitrogens with two attached hydrogens (primary N) is 1. The van der Waals surface area contributed by atoms with E-state index >= 15 is 0 Å². The second-order valence-electron chi connectivity index (χ2n) is 5.90. The van der Waals surface area contributed by atoms with Crippen LogP contribution in [0.25, 0.3) is 0 Å². The van der Waals surface area contributed by atoms with Crippen LogP contribution in [0.15, 0.2) is 0 Å². The minimum absolute atomic E-state index is 0.0503. The molecule has 2 rings (SSSR count). The van der Waals surface area contributed by atoms with Crippen molar-refractivity contribution in [3.63, 3.8) is 0 Å². The Morgan fingerprint density at radius 1 is 1.48 bits per heavy atom. The molecule has 0 aliphatic carbocycles. The van der Waals surface area contributed by atoms with E-state index in [2.05, 4.69) is 15.4 Å². The van der Waals surface area contributed by atoms with Crippen molar-refractivity contribution < 1.29 is 17.9 Å². The largest absolute Gasteiger partial charge is 0.469 e. The van der Waals surface area contributed by atoms with Crippen LogP contribution in [0.2, 0.25) is 0 Å². The molecule has 2 heterocycles. The number of unbranched alkanes of at least 4 members (excludes halogenated alkanes) is 1. The van der Waals surface area contributed by atoms with Gasteiger partial charge in [-0.05, 0) is 32.0 Å². The number of rotatable bonds is 5. The quantitative estimate of drug-likeness (QED) is 0.347. The first kappa shape index (κ1) is 16.4. The Balaban J connectivity index is 2.07. The number of hydrogen-bond acceptors (Lipinski definition) is 6. The van der Waals surface area contributed by atoms with Gasteiger partial charge in [-0.2, -0.15) is 0 Å². The molecular formula is C12H21N3O4S2. The van der Waals surface area contributed by atoms with Crippen molar-refractivity contribution in [3.8, 4) is 0 Å². The molecule has 9 heteroatoms. The summed E-state index contributed by atoms with van der Waals surface area (Å²) in [4.78, 5) is 11.1. The predicted molar refractivity (Wildman–Crippen MR) is 82.3 cm³/mol. The molecule has 0 amide bonds. The standard InChI is InChI=1S/C12H21N3O4S2/c1-11-7-21(17,18)8(5-3-4-6-9(16)19-2)12(11,13)15-10(20)14-11/h8H,3-7,13H2,1-2H3,(H2,14,15,20)/t8-,11?,12+/m0/s1. The van der Waals surface area contributed by atoms with E-state index in [9.17, 15) is 13.2 Å². The van der Waals surface area contributed by atoms with E-state index < -0.39 is 26.3 Å². The van der Waals surface area contributed by atoms with Gasteiger partial charge in [0.15, 0.2) is 14.9 Å². The molecule has 0 bridgehead atoms. The van der Waals surface area contributed by atoms with Crippen LogP contribution in [0.3, 0.4) is 0 Å². The smallest absolute Gasteiger partial charge is 0.305 e. The molecule has 4 N–H and O–H groups in total. The van der Waals surface area contributed by atoms with Crippen molar-refractivity contribution in [1.29, 1.82) is 0 Å². The van der Waals surface area contributed by atoms with Crippen molar-refractivity contribution in [2.45, 2.75) is 49.1 Å². The molecule has 0 aromatic heterocycles. The van der Waals surface area contributed by atoms with Gasteiger partial charge in [-0.1, -0.05) is 6.42 Å². The molecule has 21 heavy (non-hydrogen) atoms. The number of methoxy groups -OCH3 is 1. The zero-order valence-electron chi connectivity index (χ0n) is 12.1. The molecule has 2 fully saturated rings. The maximum absolute atomic E-state index is 12.4. The molecule has 0 aromatic carbocycles. The minimum Gasteiger partial charge on any atom is -0.469 e. The predicted octanol–water partition coefficient (Wildman–Crippen LogP) is -0.592. The Labute approximate surface area is 129 Å². The summed E-state index contributed by atoms with van der Waals surface area (Å²) < 4.78 is 29.3. The summed E-state index contributed by atoms with van der Waals surface area (Å²) in [6.45, 7) is 1.77. The van der Waals surface area contributed by atoms with Crippen molar-refractivity contribution >= 4 is 33.1 Å². The van der Waals surface area contributed by atoms with Gasteiger partial charge in [0, 0.05) is 6.42 Å². The SMILES string of the molecule is COC(=O)CCCC[C@H]1[C@@]2(N)NC(=S)NC2(C)CS1(=O)=O. The van der Waals surface area contributed by atoms with Gasteiger partial charge >= 0.3 is 5.97 Å². The van der Waals surface area contributed by atoms with E-state index in [-0.39, 0.29) is 18.1 Å². The van der Waals surface area contributed by atoms with Gasteiger partial charge in [-0.15, -0.1) is 0 Å². The molecule has 0 radical (unpaired) electrons. The fourth-order valence-electron chi connectivity index (χ4n) is 3.20. The second kappa shape index (κ2) is 5.36. The molecule has 2 aliphatic rings. The fraction of sp³-hybridized carbons (Fsp3) is 0.833. The molecule has 1 unspecified atom stereocenters. The monoisotopic (exact) mass is 335 g/mol. The summed E-state index contributed by atoms with van der Waals surface area (Å²) in [5.74, 6) is -0.343. The van der Waals surface area contributed by atoms with E-state index in [4.69, 9.17) is 18.0 Å². The van der Waals surface area contributed by atoms with Gasteiger partial charge in [0.25, 0.3) is 0 Å². The summed E-state index contributed by atoms with van der Waals surface area (Å²) in [5, 5.41) is 5.57. The first-order chi connectivity index (χ1) is 9.64. The average Bonchev–Trinajstić information content (AvgIpc) is 2.64. The summed E-state index contributed by atoms with van der Waals surface area (Å²) in [6, 6.07) is 0. The maximum Gasteiger partial charge on any atom is 0.305 e. The number of thiocarbonyl (C=S) groups is 1. The van der Waals surface area contributed by atoms with Crippen LogP contribution in [-0.2, 0) is 19.4 Å². The zero-order valence-corrected chi connectivity index (χ0v) is 13.8. The van der Waals surface area contributed by atoms with Crippen LogP contribution in [0.4, 0.5) is 0 Å². The van der Waals surface area contributed by atoms with Crippen LogP contribution in [0.5, 0.6) is 0 Å². The van der Waals surface area contributed by atoms with Gasteiger partial charge in [-0.3, -0.25) is 4.79 Å². The second-order valence-corrected chi connectivity index (χ2v) is 8.49. The molecule has 3 atom stereocenters. The Bertz CT molecular complexity index is 565. The molecule has 120 valence electrons. The normalized spacial score (nSPS) is 36.7. The maximum atomic E-state index is 12.4. The van der Waals surface area contributed by atoms with Crippen molar-refractivity contribution in [2.75, 3.05) is 12.9 Å². The number of hydrogen-bond donors (Lipinski definition) is 3. The molecule has 2 aliphatic heterocycles. The summed E-state index contributed by atoms with van der Waals surface area (Å²) in [7, 11) is -1.99. The third kappa shape index (κ3) is 2.74. The Kier molecular flexibility index (Phi) is 4.20. The van der Waals surface area contributed by atoms with Crippen LogP contribution >= 0.6 is 12.2 Å². The highest BCUT2D eigenvalue weighted by atomic mass is 32.2. The van der Waals surface area contributed by atoms with Crippen LogP contribution in [-0.4, -0.2) is 48.8 Å². The van der Waals surface area contributed by atoms with E-state index in [1.165, 1.54) is 7.11 Å². The van der Waals surface area contributed by atoms with Gasteiger partial charge in [0.05, 0.1) is 23.7 Å². The Hall–Kier alpha value is -0.930. The lowest BCUT2D eigenvalue weighted by Gasteiger charge is -2.34. The van der Waals surface area contributed by atoms with Crippen molar-refractivity contribution in [1.82, 2.24) is 10.6 Å². The number of fused-ring (bicyclic) bond motifs is 1. The highest BCUT2D eigenvalue weighted by Gasteiger charge is 2.66. The highest BCUT2D eigenvalue weighted by Crippen LogP contribution is 2.40. The minimum atomic E-state index is -3.32. The first-order valence-corrected chi connectivity index (χ1v) is 8.94. The van der Waals surface area contributed by atoms with Gasteiger partial charge in [0.1, 0.15) is 5.66 Å². The molecular weight excluding hydrogens is 314 g/mol. The number of ether oxygens (including phenoxy) is 1. The number of carbonyl (C=O) groups excluding carboxylic acids is 1. The number of sulfone groups is 1. The van der Waals surface area contributed by atoms with E-state index in [1.807, 2.05) is 0 Å². The van der Waals surface area contributed by atoms with Crippen LogP contribution < -0.4 is 16.4 Å². The number of nitrogens with one attached hydrogen (secondary N) is 2. The molecule has 2 saturated heterocycles. The lowest BCUT2D eigenvalue weighted by molar-refractivity contribution is -0.140. The lowest BCUT2D eigenvalue weighted by atomic mass is 9.85. The van der Waals surface area contributed by atoms with Crippen molar-refractivity contribution in [3.05, 3.63) is 0 Å². The van der Waals surface area contributed by atoms with Crippen LogP contribution in [0, 0.1) is 0 Å². The molecule has 7 nitrogen and oxygen atoms in total. The van der Waals surface area contributed by atoms with Gasteiger partial charge in [0.2, 0.25) is 0 Å². The Morgan fingerprint density at radius 3 is 2.76 bits per heavy atom.